The van der Waals surface area contributed by atoms with Crippen LogP contribution in [0.1, 0.15) is 16.1 Å². The minimum absolute atomic E-state index is 0.0115. The second-order valence-electron chi connectivity index (χ2n) is 6.78. The molecule has 8 heteroatoms. The van der Waals surface area contributed by atoms with Gasteiger partial charge in [-0.15, -0.1) is 0 Å². The van der Waals surface area contributed by atoms with Crippen LogP contribution in [0.25, 0.3) is 22.5 Å². The molecule has 150 valence electrons. The van der Waals surface area contributed by atoms with Gasteiger partial charge in [0.1, 0.15) is 18.1 Å². The van der Waals surface area contributed by atoms with Crippen molar-refractivity contribution in [3.63, 3.8) is 0 Å². The molecule has 1 aliphatic rings. The summed E-state index contributed by atoms with van der Waals surface area (Å²) in [5.41, 5.74) is 1.57. The average molecular weight is 424 g/mol. The Labute approximate surface area is 176 Å². The van der Waals surface area contributed by atoms with Crippen molar-refractivity contribution in [3.8, 4) is 28.5 Å². The number of rotatable bonds is 3. The van der Waals surface area contributed by atoms with Crippen molar-refractivity contribution in [1.82, 2.24) is 10.2 Å². The summed E-state index contributed by atoms with van der Waals surface area (Å²) in [6.45, 7) is 0.639. The van der Waals surface area contributed by atoms with Crippen molar-refractivity contribution in [2.24, 2.45) is 0 Å². The van der Waals surface area contributed by atoms with Crippen molar-refractivity contribution in [2.75, 3.05) is 19.6 Å². The second-order valence-corrected chi connectivity index (χ2v) is 7.22. The molecule has 2 amide bonds. The van der Waals surface area contributed by atoms with E-state index in [-0.39, 0.29) is 23.8 Å². The molecular formula is C22H15ClFN3O3. The van der Waals surface area contributed by atoms with E-state index >= 15 is 0 Å². The largest absolute Gasteiger partial charge is 0.450 e. The topological polar surface area (TPSA) is 86.3 Å². The molecule has 4 rings (SSSR count). The van der Waals surface area contributed by atoms with Crippen LogP contribution in [-0.4, -0.2) is 36.3 Å². The molecule has 3 aromatic rings. The zero-order valence-electron chi connectivity index (χ0n) is 15.6. The van der Waals surface area contributed by atoms with E-state index in [1.165, 1.54) is 23.1 Å². The third-order valence-electron chi connectivity index (χ3n) is 4.69. The maximum Gasteiger partial charge on any atom is 0.290 e. The molecule has 2 aromatic carbocycles. The Kier molecular flexibility index (Phi) is 5.25. The van der Waals surface area contributed by atoms with Crippen LogP contribution in [0.2, 0.25) is 5.02 Å². The quantitative estimate of drug-likeness (QED) is 0.693. The van der Waals surface area contributed by atoms with E-state index in [1.807, 2.05) is 6.07 Å². The molecule has 1 aliphatic heterocycles. The van der Waals surface area contributed by atoms with Crippen LogP contribution in [0.5, 0.6) is 0 Å². The Morgan fingerprint density at radius 3 is 2.77 bits per heavy atom. The standard InChI is InChI=1S/C22H15ClFN3O3/c23-16-3-1-2-14(8-16)21-18(15-6-13(11-25)7-17(24)9-15)10-19(30-21)22(29)27-5-4-26-20(28)12-27/h1-3,6-10H,4-5,12H2,(H,26,28). The van der Waals surface area contributed by atoms with Gasteiger partial charge in [-0.25, -0.2) is 4.39 Å². The Bertz CT molecular complexity index is 1200. The summed E-state index contributed by atoms with van der Waals surface area (Å²) < 4.78 is 20.0. The predicted molar refractivity (Wildman–Crippen MR) is 108 cm³/mol. The monoisotopic (exact) mass is 423 g/mol. The Balaban J connectivity index is 1.84. The lowest BCUT2D eigenvalue weighted by atomic mass is 10.00. The van der Waals surface area contributed by atoms with Gasteiger partial charge >= 0.3 is 0 Å². The maximum atomic E-state index is 14.1. The van der Waals surface area contributed by atoms with E-state index in [9.17, 15) is 19.2 Å². The highest BCUT2D eigenvalue weighted by molar-refractivity contribution is 6.30. The number of hydrogen-bond donors (Lipinski definition) is 1. The number of carbonyl (C=O) groups is 2. The molecule has 0 unspecified atom stereocenters. The van der Waals surface area contributed by atoms with E-state index < -0.39 is 11.7 Å². The number of hydrogen-bond acceptors (Lipinski definition) is 4. The number of nitrogens with one attached hydrogen (secondary N) is 1. The van der Waals surface area contributed by atoms with Crippen molar-refractivity contribution in [1.29, 1.82) is 5.26 Å². The van der Waals surface area contributed by atoms with Gasteiger partial charge in [0, 0.05) is 29.2 Å². The van der Waals surface area contributed by atoms with E-state index in [0.29, 0.717) is 40.6 Å². The van der Waals surface area contributed by atoms with Crippen LogP contribution >= 0.6 is 11.6 Å². The number of benzene rings is 2. The second kappa shape index (κ2) is 8.01. The first-order valence-corrected chi connectivity index (χ1v) is 9.49. The summed E-state index contributed by atoms with van der Waals surface area (Å²) in [5.74, 6) is -0.950. The fraction of sp³-hybridized carbons (Fsp3) is 0.136. The minimum Gasteiger partial charge on any atom is -0.450 e. The van der Waals surface area contributed by atoms with Gasteiger partial charge in [-0.3, -0.25) is 9.59 Å². The molecule has 0 atom stereocenters. The van der Waals surface area contributed by atoms with Crippen molar-refractivity contribution >= 4 is 23.4 Å². The lowest BCUT2D eigenvalue weighted by Crippen LogP contribution is -2.49. The van der Waals surface area contributed by atoms with Crippen LogP contribution in [0.3, 0.4) is 0 Å². The molecule has 0 saturated carbocycles. The van der Waals surface area contributed by atoms with Gasteiger partial charge in [-0.2, -0.15) is 5.26 Å². The van der Waals surface area contributed by atoms with Gasteiger partial charge in [0.2, 0.25) is 5.91 Å². The van der Waals surface area contributed by atoms with Crippen LogP contribution in [-0.2, 0) is 4.79 Å². The molecule has 6 nitrogen and oxygen atoms in total. The lowest BCUT2D eigenvalue weighted by Gasteiger charge is -2.25. The van der Waals surface area contributed by atoms with Crippen LogP contribution in [0.15, 0.2) is 52.9 Å². The number of carbonyl (C=O) groups excluding carboxylic acids is 2. The van der Waals surface area contributed by atoms with Gasteiger partial charge in [-0.1, -0.05) is 23.7 Å². The first-order chi connectivity index (χ1) is 14.4. The summed E-state index contributed by atoms with van der Waals surface area (Å²) >= 11 is 6.11. The normalized spacial score (nSPS) is 13.6. The zero-order valence-corrected chi connectivity index (χ0v) is 16.4. The molecule has 30 heavy (non-hydrogen) atoms. The minimum atomic E-state index is -0.581. The Morgan fingerprint density at radius 1 is 1.20 bits per heavy atom. The van der Waals surface area contributed by atoms with Gasteiger partial charge in [0.05, 0.1) is 11.6 Å². The maximum absolute atomic E-state index is 14.1. The fourth-order valence-electron chi connectivity index (χ4n) is 3.33. The first kappa shape index (κ1) is 19.7. The SMILES string of the molecule is N#Cc1cc(F)cc(-c2cc(C(=O)N3CCNC(=O)C3)oc2-c2cccc(Cl)c2)c1. The fourth-order valence-corrected chi connectivity index (χ4v) is 3.52. The van der Waals surface area contributed by atoms with Crippen molar-refractivity contribution in [2.45, 2.75) is 0 Å². The summed E-state index contributed by atoms with van der Waals surface area (Å²) in [7, 11) is 0. The van der Waals surface area contributed by atoms with E-state index in [1.54, 1.807) is 24.3 Å². The molecule has 2 heterocycles. The van der Waals surface area contributed by atoms with Crippen molar-refractivity contribution in [3.05, 3.63) is 70.7 Å². The third-order valence-corrected chi connectivity index (χ3v) is 4.93. The number of nitrogens with zero attached hydrogens (tertiary/aromatic N) is 2. The van der Waals surface area contributed by atoms with E-state index in [4.69, 9.17) is 16.0 Å². The number of halogens is 2. The molecule has 0 spiro atoms. The van der Waals surface area contributed by atoms with E-state index in [0.717, 1.165) is 6.07 Å². The van der Waals surface area contributed by atoms with Gasteiger partial charge < -0.3 is 14.6 Å². The molecule has 1 N–H and O–H groups in total. The molecule has 1 saturated heterocycles. The molecule has 1 fully saturated rings. The summed E-state index contributed by atoms with van der Waals surface area (Å²) in [5, 5.41) is 12.3. The summed E-state index contributed by atoms with van der Waals surface area (Å²) in [6, 6.07) is 14.2. The molecule has 0 aliphatic carbocycles. The third kappa shape index (κ3) is 3.91. The van der Waals surface area contributed by atoms with Crippen LogP contribution in [0, 0.1) is 17.1 Å². The zero-order chi connectivity index (χ0) is 21.3. The molecule has 1 aromatic heterocycles. The molecule has 0 bridgehead atoms. The number of nitriles is 1. The highest BCUT2D eigenvalue weighted by Gasteiger charge is 2.27. The highest BCUT2D eigenvalue weighted by atomic mass is 35.5. The van der Waals surface area contributed by atoms with Gasteiger partial charge in [-0.05, 0) is 42.0 Å². The Morgan fingerprint density at radius 2 is 2.03 bits per heavy atom. The predicted octanol–water partition coefficient (Wildman–Crippen LogP) is 3.85. The highest BCUT2D eigenvalue weighted by Crippen LogP contribution is 2.37. The average Bonchev–Trinajstić information content (AvgIpc) is 3.18. The van der Waals surface area contributed by atoms with E-state index in [2.05, 4.69) is 5.32 Å². The smallest absolute Gasteiger partial charge is 0.290 e. The molecule has 0 radical (unpaired) electrons. The first-order valence-electron chi connectivity index (χ1n) is 9.11. The summed E-state index contributed by atoms with van der Waals surface area (Å²) in [6.07, 6.45) is 0. The summed E-state index contributed by atoms with van der Waals surface area (Å²) in [4.78, 5) is 26.0. The van der Waals surface area contributed by atoms with Crippen molar-refractivity contribution < 1.29 is 18.4 Å². The Hall–Kier alpha value is -3.63. The number of furan rings is 1. The van der Waals surface area contributed by atoms with Gasteiger partial charge in [0.25, 0.3) is 5.91 Å². The van der Waals surface area contributed by atoms with Crippen LogP contribution in [0.4, 0.5) is 4.39 Å². The number of piperazine rings is 1. The lowest BCUT2D eigenvalue weighted by molar-refractivity contribution is -0.123. The van der Waals surface area contributed by atoms with Gasteiger partial charge in [0.15, 0.2) is 5.76 Å². The number of amides is 2. The molecular weight excluding hydrogens is 409 g/mol. The van der Waals surface area contributed by atoms with Crippen LogP contribution < -0.4 is 5.32 Å².